The van der Waals surface area contributed by atoms with Gasteiger partial charge in [-0.2, -0.15) is 0 Å². The van der Waals surface area contributed by atoms with E-state index in [4.69, 9.17) is 4.74 Å². The Morgan fingerprint density at radius 2 is 1.77 bits per heavy atom. The van der Waals surface area contributed by atoms with Crippen LogP contribution in [0.15, 0.2) is 53.7 Å². The van der Waals surface area contributed by atoms with Gasteiger partial charge in [-0.25, -0.2) is 0 Å². The van der Waals surface area contributed by atoms with E-state index in [0.717, 1.165) is 20.6 Å². The smallest absolute Gasteiger partial charge is 0.234 e. The molecular weight excluding hydrogens is 529 g/mol. The van der Waals surface area contributed by atoms with Crippen molar-refractivity contribution in [3.05, 3.63) is 63.5 Å². The van der Waals surface area contributed by atoms with Crippen molar-refractivity contribution in [2.45, 2.75) is 18.1 Å². The Hall–Kier alpha value is -2.60. The van der Waals surface area contributed by atoms with Crippen molar-refractivity contribution in [2.24, 2.45) is 7.05 Å². The fraction of sp³-hybridized carbons (Fsp3) is 0.238. The zero-order valence-electron chi connectivity index (χ0n) is 17.1. The summed E-state index contributed by atoms with van der Waals surface area (Å²) in [5.74, 6) is 1.34. The number of nitrogens with one attached hydrogen (secondary N) is 2. The number of aromatic nitrogens is 3. The molecule has 0 saturated carbocycles. The van der Waals surface area contributed by atoms with E-state index >= 15 is 0 Å². The molecule has 0 spiro atoms. The zero-order valence-corrected chi connectivity index (χ0v) is 20.1. The normalized spacial score (nSPS) is 10.5. The molecule has 0 bridgehead atoms. The van der Waals surface area contributed by atoms with E-state index < -0.39 is 0 Å². The van der Waals surface area contributed by atoms with Crippen molar-refractivity contribution in [2.75, 3.05) is 18.2 Å². The number of rotatable bonds is 9. The van der Waals surface area contributed by atoms with Crippen molar-refractivity contribution in [3.63, 3.8) is 0 Å². The van der Waals surface area contributed by atoms with E-state index in [2.05, 4.69) is 43.4 Å². The highest BCUT2D eigenvalue weighted by atomic mass is 127. The number of hydrogen-bond donors (Lipinski definition) is 2. The van der Waals surface area contributed by atoms with Crippen molar-refractivity contribution >= 4 is 51.9 Å². The number of nitrogens with zero attached hydrogens (tertiary/aromatic N) is 3. The maximum Gasteiger partial charge on any atom is 0.234 e. The number of halogens is 1. The first-order valence-corrected chi connectivity index (χ1v) is 11.5. The predicted octanol–water partition coefficient (Wildman–Crippen LogP) is 3.02. The maximum absolute atomic E-state index is 12.2. The average Bonchev–Trinajstić information content (AvgIpc) is 3.12. The lowest BCUT2D eigenvalue weighted by Gasteiger charge is -2.07. The van der Waals surface area contributed by atoms with Gasteiger partial charge >= 0.3 is 0 Å². The third-order valence-corrected chi connectivity index (χ3v) is 6.09. The summed E-state index contributed by atoms with van der Waals surface area (Å²) in [6, 6.07) is 14.9. The van der Waals surface area contributed by atoms with Gasteiger partial charge in [-0.15, -0.1) is 10.2 Å². The first kappa shape index (κ1) is 23.1. The van der Waals surface area contributed by atoms with Crippen molar-refractivity contribution in [1.29, 1.82) is 0 Å². The second kappa shape index (κ2) is 11.1. The molecule has 0 radical (unpaired) electrons. The highest BCUT2D eigenvalue weighted by molar-refractivity contribution is 14.1. The molecule has 0 saturated heterocycles. The highest BCUT2D eigenvalue weighted by Crippen LogP contribution is 2.17. The topological polar surface area (TPSA) is 98.1 Å². The molecule has 0 aliphatic heterocycles. The van der Waals surface area contributed by atoms with E-state index in [1.54, 1.807) is 11.7 Å². The minimum absolute atomic E-state index is 0.112. The number of ether oxygens (including phenoxy) is 1. The van der Waals surface area contributed by atoms with E-state index in [9.17, 15) is 9.59 Å². The number of benzene rings is 2. The van der Waals surface area contributed by atoms with Gasteiger partial charge in [-0.1, -0.05) is 23.9 Å². The first-order chi connectivity index (χ1) is 14.9. The maximum atomic E-state index is 12.2. The largest absolute Gasteiger partial charge is 0.497 e. The molecule has 8 nitrogen and oxygen atoms in total. The SMILES string of the molecule is COc1ccc(CC(=O)NCc2nnc(SCC(=O)Nc3ccc(I)cc3)n2C)cc1. The lowest BCUT2D eigenvalue weighted by Crippen LogP contribution is -2.26. The molecule has 2 aromatic carbocycles. The molecule has 2 amide bonds. The van der Waals surface area contributed by atoms with Crippen molar-refractivity contribution < 1.29 is 14.3 Å². The minimum atomic E-state index is -0.122. The Morgan fingerprint density at radius 3 is 2.45 bits per heavy atom. The Morgan fingerprint density at radius 1 is 1.06 bits per heavy atom. The third kappa shape index (κ3) is 6.96. The van der Waals surface area contributed by atoms with Gasteiger partial charge in [0.05, 0.1) is 25.8 Å². The average molecular weight is 551 g/mol. The van der Waals surface area contributed by atoms with Crippen LogP contribution in [0.2, 0.25) is 0 Å². The Bertz CT molecular complexity index is 1040. The minimum Gasteiger partial charge on any atom is -0.497 e. The van der Waals surface area contributed by atoms with E-state index in [1.165, 1.54) is 11.8 Å². The molecule has 10 heteroatoms. The fourth-order valence-corrected chi connectivity index (χ4v) is 3.74. The van der Waals surface area contributed by atoms with E-state index in [1.807, 2.05) is 55.6 Å². The third-order valence-electron chi connectivity index (χ3n) is 4.35. The van der Waals surface area contributed by atoms with Crippen LogP contribution in [-0.4, -0.2) is 39.4 Å². The van der Waals surface area contributed by atoms with Gasteiger partial charge in [0.1, 0.15) is 5.75 Å². The second-order valence-electron chi connectivity index (χ2n) is 6.60. The van der Waals surface area contributed by atoms with Crippen LogP contribution in [0.1, 0.15) is 11.4 Å². The van der Waals surface area contributed by atoms with Crippen LogP contribution in [0.4, 0.5) is 5.69 Å². The standard InChI is InChI=1S/C21H22IN5O3S/c1-27-18(12-23-19(28)11-14-3-9-17(30-2)10-4-14)25-26-21(27)31-13-20(29)24-16-7-5-15(22)6-8-16/h3-10H,11-13H2,1-2H3,(H,23,28)(H,24,29). The molecule has 3 aromatic rings. The monoisotopic (exact) mass is 551 g/mol. The Labute approximate surface area is 198 Å². The number of amides is 2. The first-order valence-electron chi connectivity index (χ1n) is 9.40. The van der Waals surface area contributed by atoms with Gasteiger partial charge in [0.15, 0.2) is 11.0 Å². The number of thioether (sulfide) groups is 1. The molecule has 0 unspecified atom stereocenters. The van der Waals surface area contributed by atoms with Gasteiger partial charge in [0.25, 0.3) is 0 Å². The molecular formula is C21H22IN5O3S. The number of methoxy groups -OCH3 is 1. The number of hydrogen-bond acceptors (Lipinski definition) is 6. The van der Waals surface area contributed by atoms with E-state index in [0.29, 0.717) is 11.0 Å². The fourth-order valence-electron chi connectivity index (χ4n) is 2.65. The van der Waals surface area contributed by atoms with Crippen LogP contribution in [0.3, 0.4) is 0 Å². The zero-order chi connectivity index (χ0) is 22.2. The molecule has 0 aliphatic carbocycles. The van der Waals surface area contributed by atoms with Crippen molar-refractivity contribution in [1.82, 2.24) is 20.1 Å². The van der Waals surface area contributed by atoms with Crippen LogP contribution in [0.25, 0.3) is 0 Å². The molecule has 2 N–H and O–H groups in total. The molecule has 0 fully saturated rings. The van der Waals surface area contributed by atoms with Crippen LogP contribution in [-0.2, 0) is 29.6 Å². The van der Waals surface area contributed by atoms with Crippen LogP contribution < -0.4 is 15.4 Å². The van der Waals surface area contributed by atoms with Gasteiger partial charge in [-0.05, 0) is 64.6 Å². The molecule has 31 heavy (non-hydrogen) atoms. The summed E-state index contributed by atoms with van der Waals surface area (Å²) < 4.78 is 8.00. The van der Waals surface area contributed by atoms with Gasteiger partial charge < -0.3 is 19.9 Å². The molecule has 162 valence electrons. The van der Waals surface area contributed by atoms with Crippen LogP contribution in [0.5, 0.6) is 5.75 Å². The predicted molar refractivity (Wildman–Crippen MR) is 128 cm³/mol. The molecule has 1 heterocycles. The molecule has 0 atom stereocenters. The van der Waals surface area contributed by atoms with Gasteiger partial charge in [-0.3, -0.25) is 9.59 Å². The summed E-state index contributed by atoms with van der Waals surface area (Å²) in [5, 5.41) is 14.5. The van der Waals surface area contributed by atoms with Gasteiger partial charge in [0.2, 0.25) is 11.8 Å². The summed E-state index contributed by atoms with van der Waals surface area (Å²) in [6.07, 6.45) is 0.266. The van der Waals surface area contributed by atoms with Crippen molar-refractivity contribution in [3.8, 4) is 5.75 Å². The number of carbonyl (C=O) groups excluding carboxylic acids is 2. The molecule has 3 rings (SSSR count). The van der Waals surface area contributed by atoms with Crippen LogP contribution >= 0.6 is 34.4 Å². The summed E-state index contributed by atoms with van der Waals surface area (Å²) in [4.78, 5) is 24.4. The quantitative estimate of drug-likeness (QED) is 0.314. The molecule has 0 aliphatic rings. The number of carbonyl (C=O) groups is 2. The lowest BCUT2D eigenvalue weighted by molar-refractivity contribution is -0.120. The van der Waals surface area contributed by atoms with Crippen LogP contribution in [0, 0.1) is 3.57 Å². The lowest BCUT2D eigenvalue weighted by atomic mass is 10.1. The van der Waals surface area contributed by atoms with Gasteiger partial charge in [0, 0.05) is 16.3 Å². The molecule has 1 aromatic heterocycles. The Kier molecular flexibility index (Phi) is 8.29. The summed E-state index contributed by atoms with van der Waals surface area (Å²) >= 11 is 3.50. The highest BCUT2D eigenvalue weighted by Gasteiger charge is 2.13. The number of anilines is 1. The summed E-state index contributed by atoms with van der Waals surface area (Å²) in [6.45, 7) is 0.258. The Balaban J connectivity index is 1.46. The summed E-state index contributed by atoms with van der Waals surface area (Å²) in [5.41, 5.74) is 1.65. The van der Waals surface area contributed by atoms with E-state index in [-0.39, 0.29) is 30.5 Å². The second-order valence-corrected chi connectivity index (χ2v) is 8.79. The summed E-state index contributed by atoms with van der Waals surface area (Å²) in [7, 11) is 3.41.